The second kappa shape index (κ2) is 11.3. The third kappa shape index (κ3) is 6.40. The van der Waals surface area contributed by atoms with E-state index >= 15 is 0 Å². The van der Waals surface area contributed by atoms with E-state index in [1.807, 2.05) is 43.4 Å². The first-order valence-corrected chi connectivity index (χ1v) is 10.3. The minimum Gasteiger partial charge on any atom is -0.493 e. The number of halogens is 2. The summed E-state index contributed by atoms with van der Waals surface area (Å²) in [6.07, 6.45) is 7.30. The summed E-state index contributed by atoms with van der Waals surface area (Å²) in [5, 5.41) is 3.19. The number of unbranched alkanes of at least 4 members (excludes halogenated alkanes) is 5. The van der Waals surface area contributed by atoms with Gasteiger partial charge in [0.05, 0.1) is 12.6 Å². The molecule has 0 aliphatic heterocycles. The van der Waals surface area contributed by atoms with Crippen molar-refractivity contribution in [3.8, 4) is 5.75 Å². The lowest BCUT2D eigenvalue weighted by Gasteiger charge is -2.19. The van der Waals surface area contributed by atoms with Gasteiger partial charge in [0.15, 0.2) is 0 Å². The van der Waals surface area contributed by atoms with Gasteiger partial charge in [0.2, 0.25) is 0 Å². The molecule has 142 valence electrons. The van der Waals surface area contributed by atoms with Crippen LogP contribution in [-0.2, 0) is 0 Å². The molecule has 0 amide bonds. The lowest BCUT2D eigenvalue weighted by molar-refractivity contribution is 0.302. The topological polar surface area (TPSA) is 21.3 Å². The molecule has 0 radical (unpaired) electrons. The van der Waals surface area contributed by atoms with Crippen LogP contribution in [0.3, 0.4) is 0 Å². The van der Waals surface area contributed by atoms with E-state index in [4.69, 9.17) is 4.74 Å². The van der Waals surface area contributed by atoms with Crippen molar-refractivity contribution in [1.82, 2.24) is 5.32 Å². The fourth-order valence-electron chi connectivity index (χ4n) is 3.06. The maximum atomic E-state index is 14.6. The predicted octanol–water partition coefficient (Wildman–Crippen LogP) is 6.64. The molecule has 1 N–H and O–H groups in total. The molecule has 4 heteroatoms. The normalized spacial score (nSPS) is 12.2. The summed E-state index contributed by atoms with van der Waals surface area (Å²) < 4.78 is 21.4. The lowest BCUT2D eigenvalue weighted by atomic mass is 9.98. The Labute approximate surface area is 165 Å². The molecule has 2 nitrogen and oxygen atoms in total. The smallest absolute Gasteiger partial charge is 0.132 e. The van der Waals surface area contributed by atoms with Gasteiger partial charge in [0.25, 0.3) is 0 Å². The zero-order valence-corrected chi connectivity index (χ0v) is 17.3. The highest BCUT2D eigenvalue weighted by Gasteiger charge is 2.16. The molecule has 0 heterocycles. The van der Waals surface area contributed by atoms with Crippen LogP contribution in [0.4, 0.5) is 4.39 Å². The molecule has 0 spiro atoms. The van der Waals surface area contributed by atoms with E-state index < -0.39 is 0 Å². The maximum absolute atomic E-state index is 14.6. The van der Waals surface area contributed by atoms with Crippen molar-refractivity contribution in [3.63, 3.8) is 0 Å². The van der Waals surface area contributed by atoms with Crippen LogP contribution in [0.25, 0.3) is 0 Å². The Morgan fingerprint density at radius 2 is 1.69 bits per heavy atom. The van der Waals surface area contributed by atoms with Crippen LogP contribution < -0.4 is 10.1 Å². The number of nitrogens with one attached hydrogen (secondary N) is 1. The van der Waals surface area contributed by atoms with Crippen molar-refractivity contribution in [2.24, 2.45) is 0 Å². The monoisotopic (exact) mass is 421 g/mol. The quantitative estimate of drug-likeness (QED) is 0.410. The zero-order chi connectivity index (χ0) is 18.8. The summed E-state index contributed by atoms with van der Waals surface area (Å²) in [7, 11) is 1.84. The number of ether oxygens (including phenoxy) is 1. The molecule has 2 aromatic rings. The number of hydrogen-bond acceptors (Lipinski definition) is 2. The number of rotatable bonds is 11. The molecule has 2 rings (SSSR count). The summed E-state index contributed by atoms with van der Waals surface area (Å²) in [5.41, 5.74) is 1.65. The van der Waals surface area contributed by atoms with Crippen molar-refractivity contribution in [2.45, 2.75) is 51.5 Å². The first kappa shape index (κ1) is 20.9. The van der Waals surface area contributed by atoms with Crippen molar-refractivity contribution >= 4 is 15.9 Å². The summed E-state index contributed by atoms with van der Waals surface area (Å²) in [6.45, 7) is 2.86. The van der Waals surface area contributed by atoms with Gasteiger partial charge in [0.1, 0.15) is 11.6 Å². The minimum atomic E-state index is -0.243. The predicted molar refractivity (Wildman–Crippen MR) is 110 cm³/mol. The summed E-state index contributed by atoms with van der Waals surface area (Å²) in [5.74, 6) is 0.359. The molecule has 0 bridgehead atoms. The summed E-state index contributed by atoms with van der Waals surface area (Å²) >= 11 is 3.43. The Morgan fingerprint density at radius 3 is 2.35 bits per heavy atom. The number of benzene rings is 2. The van der Waals surface area contributed by atoms with E-state index in [2.05, 4.69) is 28.2 Å². The van der Waals surface area contributed by atoms with Gasteiger partial charge in [-0.05, 0) is 37.2 Å². The molecule has 2 aromatic carbocycles. The van der Waals surface area contributed by atoms with Gasteiger partial charge >= 0.3 is 0 Å². The van der Waals surface area contributed by atoms with Crippen LogP contribution in [0.2, 0.25) is 0 Å². The zero-order valence-electron chi connectivity index (χ0n) is 15.7. The lowest BCUT2D eigenvalue weighted by Crippen LogP contribution is -2.19. The maximum Gasteiger partial charge on any atom is 0.132 e. The summed E-state index contributed by atoms with van der Waals surface area (Å²) in [4.78, 5) is 0. The van der Waals surface area contributed by atoms with Crippen molar-refractivity contribution in [3.05, 3.63) is 63.9 Å². The van der Waals surface area contributed by atoms with Crippen LogP contribution in [0.5, 0.6) is 5.75 Å². The highest BCUT2D eigenvalue weighted by Crippen LogP contribution is 2.28. The largest absolute Gasteiger partial charge is 0.493 e. The molecule has 0 fully saturated rings. The minimum absolute atomic E-state index is 0.185. The highest BCUT2D eigenvalue weighted by molar-refractivity contribution is 9.10. The van der Waals surface area contributed by atoms with E-state index in [0.717, 1.165) is 16.5 Å². The second-order valence-corrected chi connectivity index (χ2v) is 7.49. The van der Waals surface area contributed by atoms with Crippen LogP contribution >= 0.6 is 15.9 Å². The molecule has 1 atom stereocenters. The molecule has 26 heavy (non-hydrogen) atoms. The highest BCUT2D eigenvalue weighted by atomic mass is 79.9. The molecular weight excluding hydrogens is 393 g/mol. The van der Waals surface area contributed by atoms with E-state index in [-0.39, 0.29) is 11.9 Å². The number of hydrogen-bond donors (Lipinski definition) is 1. The molecule has 0 saturated carbocycles. The SMILES string of the molecule is CCCCCCCCOc1ccc(C(NC)c2ccc(Br)cc2)c(F)c1. The van der Waals surface area contributed by atoms with Crippen LogP contribution in [-0.4, -0.2) is 13.7 Å². The standard InChI is InChI=1S/C22H29BrFNO/c1-3-4-5-6-7-8-15-26-19-13-14-20(21(24)16-19)22(25-2)17-9-11-18(23)12-10-17/h9-14,16,22,25H,3-8,15H2,1-2H3. The van der Waals surface area contributed by atoms with Crippen LogP contribution in [0.1, 0.15) is 62.6 Å². The van der Waals surface area contributed by atoms with Gasteiger partial charge in [0, 0.05) is 16.1 Å². The fraction of sp³-hybridized carbons (Fsp3) is 0.455. The van der Waals surface area contributed by atoms with Crippen LogP contribution in [0.15, 0.2) is 46.9 Å². The molecule has 0 aromatic heterocycles. The molecule has 1 unspecified atom stereocenters. The van der Waals surface area contributed by atoms with Crippen molar-refractivity contribution in [1.29, 1.82) is 0 Å². The van der Waals surface area contributed by atoms with E-state index in [0.29, 0.717) is 17.9 Å². The average Bonchev–Trinajstić information content (AvgIpc) is 2.64. The van der Waals surface area contributed by atoms with E-state index in [1.165, 1.54) is 38.2 Å². The summed E-state index contributed by atoms with van der Waals surface area (Å²) in [6, 6.07) is 12.9. The second-order valence-electron chi connectivity index (χ2n) is 6.57. The van der Waals surface area contributed by atoms with Gasteiger partial charge in [-0.2, -0.15) is 0 Å². The Bertz CT molecular complexity index is 660. The molecule has 0 aliphatic carbocycles. The Hall–Kier alpha value is -1.39. The Balaban J connectivity index is 1.92. The third-order valence-electron chi connectivity index (χ3n) is 4.54. The van der Waals surface area contributed by atoms with Crippen molar-refractivity contribution < 1.29 is 9.13 Å². The van der Waals surface area contributed by atoms with Gasteiger partial charge in [-0.1, -0.05) is 73.2 Å². The first-order chi connectivity index (χ1) is 12.7. The Kier molecular flexibility index (Phi) is 9.13. The molecular formula is C22H29BrFNO. The molecule has 0 saturated heterocycles. The fourth-order valence-corrected chi connectivity index (χ4v) is 3.33. The first-order valence-electron chi connectivity index (χ1n) is 9.50. The van der Waals surface area contributed by atoms with Crippen LogP contribution in [0, 0.1) is 5.82 Å². The van der Waals surface area contributed by atoms with Gasteiger partial charge < -0.3 is 10.1 Å². The van der Waals surface area contributed by atoms with Gasteiger partial charge in [-0.3, -0.25) is 0 Å². The van der Waals surface area contributed by atoms with E-state index in [1.54, 1.807) is 0 Å². The van der Waals surface area contributed by atoms with Gasteiger partial charge in [-0.15, -0.1) is 0 Å². The Morgan fingerprint density at radius 1 is 1.00 bits per heavy atom. The molecule has 0 aliphatic rings. The third-order valence-corrected chi connectivity index (χ3v) is 5.07. The van der Waals surface area contributed by atoms with Crippen molar-refractivity contribution in [2.75, 3.05) is 13.7 Å². The van der Waals surface area contributed by atoms with E-state index in [9.17, 15) is 4.39 Å². The average molecular weight is 422 g/mol. The van der Waals surface area contributed by atoms with Gasteiger partial charge in [-0.25, -0.2) is 4.39 Å².